The van der Waals surface area contributed by atoms with Gasteiger partial charge in [-0.1, -0.05) is 23.6 Å². The maximum absolute atomic E-state index is 15.6. The van der Waals surface area contributed by atoms with Crippen molar-refractivity contribution in [2.24, 2.45) is 13.0 Å². The van der Waals surface area contributed by atoms with Gasteiger partial charge in [-0.3, -0.25) is 23.8 Å². The summed E-state index contributed by atoms with van der Waals surface area (Å²) in [5.41, 5.74) is -2.92. The molecule has 1 saturated carbocycles. The molecule has 4 heterocycles. The molecular weight excluding hydrogens is 918 g/mol. The summed E-state index contributed by atoms with van der Waals surface area (Å²) in [5, 5.41) is 11.1. The highest BCUT2D eigenvalue weighted by Crippen LogP contribution is 2.68. The summed E-state index contributed by atoms with van der Waals surface area (Å²) in [4.78, 5) is 33.8. The van der Waals surface area contributed by atoms with Gasteiger partial charge in [0.2, 0.25) is 15.9 Å². The number of aromatic nitrogens is 5. The number of pyridine rings is 1. The van der Waals surface area contributed by atoms with Gasteiger partial charge in [-0.05, 0) is 95.2 Å². The first-order valence-electron chi connectivity index (χ1n) is 20.6. The average Bonchev–Trinajstić information content (AvgIpc) is 3.57. The molecule has 66 heavy (non-hydrogen) atoms. The number of ether oxygens (including phenoxy) is 2. The van der Waals surface area contributed by atoms with Crippen LogP contribution >= 0.6 is 11.6 Å². The highest BCUT2D eigenvalue weighted by atomic mass is 35.5. The predicted molar refractivity (Wildman–Crippen MR) is 229 cm³/mol. The number of alkyl halides is 4. The molecule has 2 N–H and O–H groups in total. The van der Waals surface area contributed by atoms with Gasteiger partial charge in [-0.25, -0.2) is 35.8 Å². The molecular formula is C44H43ClF6N8O6S. The van der Waals surface area contributed by atoms with Crippen LogP contribution in [0.15, 0.2) is 42.5 Å². The van der Waals surface area contributed by atoms with Gasteiger partial charge >= 0.3 is 6.09 Å². The Morgan fingerprint density at radius 1 is 1.05 bits per heavy atom. The Morgan fingerprint density at radius 3 is 2.38 bits per heavy atom. The zero-order chi connectivity index (χ0) is 48.0. The molecule has 1 aliphatic heterocycles. The van der Waals surface area contributed by atoms with Crippen LogP contribution in [-0.2, 0) is 50.2 Å². The number of nitrogens with zero attached hydrogens (tertiary/aromatic N) is 6. The van der Waals surface area contributed by atoms with E-state index in [0.717, 1.165) is 18.4 Å². The SMILES string of the molecule is Cn1nc(NS(C)(=O)=O)c2c(Cl)ccc(-c3ccc(C#C[C@@H]4COC(C)(C)N4C(=O)OC(C)(C)C)nc3[C@H](Cc3cc(F)cc(F)c3)NC(=O)Cn3nc(C(F)F)c4c3C(F)(F)C3C[C@H]43)c21. The summed E-state index contributed by atoms with van der Waals surface area (Å²) in [6.07, 6.45) is -3.33. The van der Waals surface area contributed by atoms with Crippen LogP contribution in [0, 0.1) is 29.4 Å². The van der Waals surface area contributed by atoms with E-state index in [2.05, 4.69) is 32.1 Å². The van der Waals surface area contributed by atoms with Gasteiger partial charge in [0.25, 0.3) is 12.3 Å². The third kappa shape index (κ3) is 9.01. The van der Waals surface area contributed by atoms with E-state index in [1.807, 2.05) is 0 Å². The fourth-order valence-corrected chi connectivity index (χ4v) is 9.47. The van der Waals surface area contributed by atoms with Crippen molar-refractivity contribution in [2.45, 2.75) is 95.7 Å². The molecule has 350 valence electrons. The van der Waals surface area contributed by atoms with Gasteiger partial charge in [-0.2, -0.15) is 19.0 Å². The van der Waals surface area contributed by atoms with E-state index in [-0.39, 0.29) is 69.3 Å². The second kappa shape index (κ2) is 16.5. The summed E-state index contributed by atoms with van der Waals surface area (Å²) in [7, 11) is -2.35. The molecule has 5 aromatic rings. The number of amides is 2. The van der Waals surface area contributed by atoms with Crippen molar-refractivity contribution in [3.8, 4) is 23.0 Å². The number of carbonyl (C=O) groups excluding carboxylic acids is 2. The standard InChI is InChI=1S/C44H43ClF6N8O6S/c1-42(2,3)65-41(61)59-25(20-64-43(59,4)5)10-8-24-9-11-26(27-12-13-30(45)34-37(27)57(6)55-40(34)56-66(7,62)63)35(52-24)31(16-21-14-22(46)17-23(47)15-21)53-32(60)19-58-38-33(36(54-58)39(48)49)28-18-29(28)44(38,50)51/h9,11-15,17,25,28-29,31,39H,16,18-20H2,1-7H3,(H,53,60)(H,55,56)/t25-,28+,29?,31+/m1/s1. The smallest absolute Gasteiger partial charge is 0.413 e. The second-order valence-electron chi connectivity index (χ2n) is 18.0. The number of fused-ring (bicyclic) bond motifs is 4. The number of hydrogen-bond acceptors (Lipinski definition) is 9. The molecule has 8 rings (SSSR count). The quantitative estimate of drug-likeness (QED) is 0.104. The van der Waals surface area contributed by atoms with Crippen molar-refractivity contribution in [2.75, 3.05) is 17.6 Å². The summed E-state index contributed by atoms with van der Waals surface area (Å²) < 4.78 is 130. The fraction of sp³-hybridized carbons (Fsp3) is 0.432. The van der Waals surface area contributed by atoms with E-state index in [1.54, 1.807) is 46.8 Å². The van der Waals surface area contributed by atoms with Crippen LogP contribution in [-0.4, -0.2) is 80.1 Å². The van der Waals surface area contributed by atoms with Crippen LogP contribution in [0.4, 0.5) is 37.0 Å². The molecule has 2 aromatic carbocycles. The maximum Gasteiger partial charge on any atom is 0.413 e. The minimum Gasteiger partial charge on any atom is -0.444 e. The minimum atomic E-state index is -3.87. The van der Waals surface area contributed by atoms with E-state index in [1.165, 1.54) is 28.8 Å². The normalized spacial score (nSPS) is 19.9. The molecule has 2 fully saturated rings. The summed E-state index contributed by atoms with van der Waals surface area (Å²) >= 11 is 6.65. The summed E-state index contributed by atoms with van der Waals surface area (Å²) in [5.74, 6) is -2.59. The Bertz CT molecular complexity index is 2980. The number of carbonyl (C=O) groups is 2. The van der Waals surface area contributed by atoms with Crippen molar-refractivity contribution in [1.29, 1.82) is 0 Å². The van der Waals surface area contributed by atoms with Gasteiger partial charge in [0.05, 0.1) is 40.5 Å². The van der Waals surface area contributed by atoms with E-state index in [4.69, 9.17) is 26.1 Å². The number of sulfonamides is 1. The first kappa shape index (κ1) is 46.7. The highest BCUT2D eigenvalue weighted by Gasteiger charge is 2.67. The Hall–Kier alpha value is -5.85. The van der Waals surface area contributed by atoms with E-state index in [0.29, 0.717) is 16.3 Å². The Kier molecular flexibility index (Phi) is 11.7. The van der Waals surface area contributed by atoms with Crippen LogP contribution in [0.5, 0.6) is 0 Å². The Morgan fingerprint density at radius 2 is 1.73 bits per heavy atom. The number of benzene rings is 2. The van der Waals surface area contributed by atoms with E-state index in [9.17, 15) is 35.6 Å². The number of rotatable bonds is 10. The minimum absolute atomic E-state index is 0.000183. The molecule has 0 bridgehead atoms. The van der Waals surface area contributed by atoms with Crippen molar-refractivity contribution >= 4 is 50.3 Å². The lowest BCUT2D eigenvalue weighted by Crippen LogP contribution is -2.49. The molecule has 1 saturated heterocycles. The van der Waals surface area contributed by atoms with Gasteiger partial charge < -0.3 is 14.8 Å². The summed E-state index contributed by atoms with van der Waals surface area (Å²) in [6.45, 7) is 7.51. The molecule has 22 heteroatoms. The van der Waals surface area contributed by atoms with Crippen molar-refractivity contribution in [1.82, 2.24) is 34.8 Å². The van der Waals surface area contributed by atoms with Gasteiger partial charge in [-0.15, -0.1) is 0 Å². The lowest BCUT2D eigenvalue weighted by atomic mass is 9.93. The molecule has 3 aromatic heterocycles. The lowest BCUT2D eigenvalue weighted by Gasteiger charge is -2.33. The number of anilines is 1. The van der Waals surface area contributed by atoms with Gasteiger partial charge in [0.1, 0.15) is 52.6 Å². The third-order valence-electron chi connectivity index (χ3n) is 11.4. The Balaban J connectivity index is 1.27. The fourth-order valence-electron chi connectivity index (χ4n) is 8.74. The van der Waals surface area contributed by atoms with Gasteiger partial charge in [0.15, 0.2) is 5.82 Å². The Labute approximate surface area is 380 Å². The van der Waals surface area contributed by atoms with Crippen LogP contribution < -0.4 is 10.0 Å². The van der Waals surface area contributed by atoms with Crippen LogP contribution in [0.2, 0.25) is 5.02 Å². The maximum atomic E-state index is 15.6. The topological polar surface area (TPSA) is 163 Å². The zero-order valence-corrected chi connectivity index (χ0v) is 38.0. The molecule has 0 spiro atoms. The van der Waals surface area contributed by atoms with E-state index >= 15 is 8.78 Å². The van der Waals surface area contributed by atoms with Gasteiger partial charge in [0, 0.05) is 35.7 Å². The largest absolute Gasteiger partial charge is 0.444 e. The molecule has 3 aliphatic rings. The number of hydrogen-bond donors (Lipinski definition) is 2. The zero-order valence-electron chi connectivity index (χ0n) is 36.4. The van der Waals surface area contributed by atoms with Crippen LogP contribution in [0.1, 0.15) is 93.3 Å². The number of nitrogens with one attached hydrogen (secondary N) is 2. The first-order valence-corrected chi connectivity index (χ1v) is 22.8. The monoisotopic (exact) mass is 960 g/mol. The molecule has 2 amide bonds. The predicted octanol–water partition coefficient (Wildman–Crippen LogP) is 8.11. The van der Waals surface area contributed by atoms with Crippen molar-refractivity contribution in [3.05, 3.63) is 93.0 Å². The van der Waals surface area contributed by atoms with Crippen molar-refractivity contribution in [3.63, 3.8) is 0 Å². The van der Waals surface area contributed by atoms with E-state index < -0.39 is 99.2 Å². The molecule has 1 unspecified atom stereocenters. The van der Waals surface area contributed by atoms with Crippen LogP contribution in [0.3, 0.4) is 0 Å². The summed E-state index contributed by atoms with van der Waals surface area (Å²) in [6, 6.07) is 6.60. The highest BCUT2D eigenvalue weighted by molar-refractivity contribution is 7.92. The first-order chi connectivity index (χ1) is 30.7. The van der Waals surface area contributed by atoms with Crippen molar-refractivity contribution < 1.29 is 53.8 Å². The number of aryl methyl sites for hydroxylation is 1. The lowest BCUT2D eigenvalue weighted by molar-refractivity contribution is -0.123. The second-order valence-corrected chi connectivity index (χ2v) is 20.1. The molecule has 2 aliphatic carbocycles. The molecule has 0 radical (unpaired) electrons. The average molecular weight is 961 g/mol. The number of halogens is 7. The third-order valence-corrected chi connectivity index (χ3v) is 12.2. The molecule has 4 atom stereocenters. The van der Waals surface area contributed by atoms with Crippen LogP contribution in [0.25, 0.3) is 22.0 Å². The molecule has 14 nitrogen and oxygen atoms in total.